The fourth-order valence-corrected chi connectivity index (χ4v) is 3.03. The monoisotopic (exact) mass is 380 g/mol. The molecular weight excluding hydrogens is 360 g/mol. The Bertz CT molecular complexity index is 1130. The largest absolute Gasteiger partial charge is 0.489 e. The van der Waals surface area contributed by atoms with Crippen LogP contribution in [0.5, 0.6) is 5.75 Å². The van der Waals surface area contributed by atoms with Gasteiger partial charge in [-0.2, -0.15) is 5.10 Å². The first kappa shape index (κ1) is 18.4. The summed E-state index contributed by atoms with van der Waals surface area (Å²) in [6.07, 6.45) is 1.66. The Hall–Kier alpha value is -3.92. The van der Waals surface area contributed by atoms with Crippen LogP contribution < -0.4 is 10.2 Å². The van der Waals surface area contributed by atoms with Crippen LogP contribution in [-0.4, -0.2) is 12.1 Å². The van der Waals surface area contributed by atoms with Crippen LogP contribution in [0.2, 0.25) is 0 Å². The summed E-state index contributed by atoms with van der Waals surface area (Å²) in [6, 6.07) is 31.0. The van der Waals surface area contributed by atoms with Crippen LogP contribution in [0.1, 0.15) is 21.5 Å². The summed E-state index contributed by atoms with van der Waals surface area (Å²) in [5, 5.41) is 6.33. The van der Waals surface area contributed by atoms with Gasteiger partial charge < -0.3 is 4.74 Å². The summed E-state index contributed by atoms with van der Waals surface area (Å²) in [6.45, 7) is 0.488. The molecule has 4 nitrogen and oxygen atoms in total. The molecule has 0 heterocycles. The van der Waals surface area contributed by atoms with Crippen molar-refractivity contribution in [3.63, 3.8) is 0 Å². The van der Waals surface area contributed by atoms with Gasteiger partial charge in [0.25, 0.3) is 5.91 Å². The first-order valence-corrected chi connectivity index (χ1v) is 9.37. The summed E-state index contributed by atoms with van der Waals surface area (Å²) in [5.74, 6) is 0.445. The quantitative estimate of drug-likeness (QED) is 0.370. The minimum atomic E-state index is -0.268. The zero-order valence-corrected chi connectivity index (χ0v) is 15.8. The topological polar surface area (TPSA) is 50.7 Å². The van der Waals surface area contributed by atoms with Crippen molar-refractivity contribution in [1.29, 1.82) is 0 Å². The van der Waals surface area contributed by atoms with Crippen LogP contribution in [0.25, 0.3) is 10.8 Å². The van der Waals surface area contributed by atoms with E-state index in [0.29, 0.717) is 17.9 Å². The Morgan fingerprint density at radius 3 is 2.38 bits per heavy atom. The molecule has 0 aliphatic carbocycles. The number of hydrazone groups is 1. The molecule has 1 N–H and O–H groups in total. The second-order valence-electron chi connectivity index (χ2n) is 6.57. The van der Waals surface area contributed by atoms with Crippen LogP contribution >= 0.6 is 0 Å². The van der Waals surface area contributed by atoms with E-state index in [1.54, 1.807) is 30.5 Å². The molecule has 29 heavy (non-hydrogen) atoms. The second kappa shape index (κ2) is 8.85. The maximum absolute atomic E-state index is 12.3. The summed E-state index contributed by atoms with van der Waals surface area (Å²) < 4.78 is 5.75. The van der Waals surface area contributed by atoms with Crippen molar-refractivity contribution >= 4 is 22.9 Å². The van der Waals surface area contributed by atoms with Gasteiger partial charge >= 0.3 is 0 Å². The van der Waals surface area contributed by atoms with Crippen molar-refractivity contribution in [2.24, 2.45) is 5.10 Å². The molecule has 4 heteroatoms. The highest BCUT2D eigenvalue weighted by Crippen LogP contribution is 2.17. The van der Waals surface area contributed by atoms with E-state index in [4.69, 9.17) is 4.74 Å². The standard InChI is InChI=1S/C25H20N2O2/c28-25(27-26-17-22-11-6-10-20-9-4-5-12-24(20)22)21-13-15-23(16-14-21)29-18-19-7-2-1-3-8-19/h1-17H,18H2,(H,27,28)/b26-17+. The molecule has 0 bridgehead atoms. The predicted octanol–water partition coefficient (Wildman–Crippen LogP) is 5.18. The molecule has 0 aromatic heterocycles. The average molecular weight is 380 g/mol. The molecule has 0 fully saturated rings. The van der Waals surface area contributed by atoms with E-state index in [2.05, 4.69) is 10.5 Å². The van der Waals surface area contributed by atoms with Crippen molar-refractivity contribution in [2.75, 3.05) is 0 Å². The summed E-state index contributed by atoms with van der Waals surface area (Å²) in [4.78, 5) is 12.3. The van der Waals surface area contributed by atoms with E-state index >= 15 is 0 Å². The van der Waals surface area contributed by atoms with Crippen LogP contribution in [0, 0.1) is 0 Å². The third kappa shape index (κ3) is 4.68. The molecule has 4 rings (SSSR count). The zero-order valence-electron chi connectivity index (χ0n) is 15.8. The van der Waals surface area contributed by atoms with Crippen molar-refractivity contribution < 1.29 is 9.53 Å². The van der Waals surface area contributed by atoms with Gasteiger partial charge in [0, 0.05) is 11.1 Å². The van der Waals surface area contributed by atoms with E-state index in [-0.39, 0.29) is 5.91 Å². The molecule has 4 aromatic carbocycles. The first-order chi connectivity index (χ1) is 14.3. The Morgan fingerprint density at radius 1 is 0.828 bits per heavy atom. The molecule has 0 unspecified atom stereocenters. The lowest BCUT2D eigenvalue weighted by atomic mass is 10.1. The van der Waals surface area contributed by atoms with Crippen LogP contribution in [0.15, 0.2) is 102 Å². The molecule has 0 spiro atoms. The van der Waals surface area contributed by atoms with E-state index < -0.39 is 0 Å². The van der Waals surface area contributed by atoms with Gasteiger partial charge in [-0.15, -0.1) is 0 Å². The van der Waals surface area contributed by atoms with Crippen LogP contribution in [0.4, 0.5) is 0 Å². The van der Waals surface area contributed by atoms with Crippen molar-refractivity contribution in [1.82, 2.24) is 5.43 Å². The number of fused-ring (bicyclic) bond motifs is 1. The van der Waals surface area contributed by atoms with Gasteiger partial charge in [-0.25, -0.2) is 5.43 Å². The summed E-state index contributed by atoms with van der Waals surface area (Å²) in [5.41, 5.74) is 5.15. The Balaban J connectivity index is 1.36. The maximum atomic E-state index is 12.3. The van der Waals surface area contributed by atoms with Gasteiger partial charge in [-0.1, -0.05) is 72.8 Å². The van der Waals surface area contributed by atoms with Gasteiger partial charge in [0.1, 0.15) is 12.4 Å². The normalized spacial score (nSPS) is 10.9. The molecule has 0 atom stereocenters. The summed E-state index contributed by atoms with van der Waals surface area (Å²) in [7, 11) is 0. The van der Waals surface area contributed by atoms with E-state index in [1.807, 2.05) is 72.8 Å². The lowest BCUT2D eigenvalue weighted by Gasteiger charge is -2.07. The second-order valence-corrected chi connectivity index (χ2v) is 6.57. The molecular formula is C25H20N2O2. The van der Waals surface area contributed by atoms with Crippen molar-refractivity contribution in [3.8, 4) is 5.75 Å². The molecule has 142 valence electrons. The SMILES string of the molecule is O=C(N/N=C/c1cccc2ccccc12)c1ccc(OCc2ccccc2)cc1. The van der Waals surface area contributed by atoms with Gasteiger partial charge in [0.05, 0.1) is 6.21 Å². The van der Waals surface area contributed by atoms with Crippen LogP contribution in [-0.2, 0) is 6.61 Å². The fraction of sp³-hybridized carbons (Fsp3) is 0.0400. The molecule has 0 saturated heterocycles. The molecule has 0 aliphatic heterocycles. The maximum Gasteiger partial charge on any atom is 0.271 e. The number of carbonyl (C=O) groups excluding carboxylic acids is 1. The number of benzene rings is 4. The molecule has 0 radical (unpaired) electrons. The number of ether oxygens (including phenoxy) is 1. The Labute approximate surface area is 169 Å². The number of hydrogen-bond acceptors (Lipinski definition) is 3. The summed E-state index contributed by atoms with van der Waals surface area (Å²) >= 11 is 0. The number of nitrogens with one attached hydrogen (secondary N) is 1. The van der Waals surface area contributed by atoms with Crippen LogP contribution in [0.3, 0.4) is 0 Å². The van der Waals surface area contributed by atoms with Crippen molar-refractivity contribution in [2.45, 2.75) is 6.61 Å². The fourth-order valence-electron chi connectivity index (χ4n) is 3.03. The van der Waals surface area contributed by atoms with Gasteiger partial charge in [0.15, 0.2) is 0 Å². The molecule has 4 aromatic rings. The minimum absolute atomic E-state index is 0.268. The lowest BCUT2D eigenvalue weighted by Crippen LogP contribution is -2.17. The highest BCUT2D eigenvalue weighted by atomic mass is 16.5. The first-order valence-electron chi connectivity index (χ1n) is 9.37. The number of amides is 1. The smallest absolute Gasteiger partial charge is 0.271 e. The van der Waals surface area contributed by atoms with Gasteiger partial charge in [0.2, 0.25) is 0 Å². The Morgan fingerprint density at radius 2 is 1.55 bits per heavy atom. The highest BCUT2D eigenvalue weighted by Gasteiger charge is 2.05. The van der Waals surface area contributed by atoms with Gasteiger partial charge in [-0.05, 0) is 40.6 Å². The zero-order chi connectivity index (χ0) is 19.9. The van der Waals surface area contributed by atoms with E-state index in [9.17, 15) is 4.79 Å². The lowest BCUT2D eigenvalue weighted by molar-refractivity contribution is 0.0955. The number of carbonyl (C=O) groups is 1. The minimum Gasteiger partial charge on any atom is -0.489 e. The number of hydrogen-bond donors (Lipinski definition) is 1. The van der Waals surface area contributed by atoms with E-state index in [0.717, 1.165) is 21.9 Å². The Kier molecular flexibility index (Phi) is 5.63. The third-order valence-corrected chi connectivity index (χ3v) is 4.56. The molecule has 0 saturated carbocycles. The average Bonchev–Trinajstić information content (AvgIpc) is 2.79. The highest BCUT2D eigenvalue weighted by molar-refractivity contribution is 6.00. The predicted molar refractivity (Wildman–Crippen MR) is 116 cm³/mol. The third-order valence-electron chi connectivity index (χ3n) is 4.56. The number of rotatable bonds is 6. The molecule has 0 aliphatic rings. The molecule has 1 amide bonds. The van der Waals surface area contributed by atoms with Crippen molar-refractivity contribution in [3.05, 3.63) is 114 Å². The van der Waals surface area contributed by atoms with Gasteiger partial charge in [-0.3, -0.25) is 4.79 Å². The number of nitrogens with zero attached hydrogens (tertiary/aromatic N) is 1. The van der Waals surface area contributed by atoms with E-state index in [1.165, 1.54) is 0 Å².